The third kappa shape index (κ3) is 1.75. The van der Waals surface area contributed by atoms with Gasteiger partial charge in [-0.3, -0.25) is 0 Å². The van der Waals surface area contributed by atoms with Crippen LogP contribution in [0.15, 0.2) is 40.6 Å². The highest BCUT2D eigenvalue weighted by Gasteiger charge is 2.17. The van der Waals surface area contributed by atoms with Crippen molar-refractivity contribution in [2.24, 2.45) is 0 Å². The Morgan fingerprint density at radius 2 is 1.86 bits per heavy atom. The average Bonchev–Trinajstić information content (AvgIpc) is 2.17. The van der Waals surface area contributed by atoms with Crippen LogP contribution in [0.1, 0.15) is 0 Å². The molecule has 5 heteroatoms. The van der Waals surface area contributed by atoms with Gasteiger partial charge in [-0.05, 0) is 24.3 Å². The van der Waals surface area contributed by atoms with E-state index in [1.807, 2.05) is 0 Å². The van der Waals surface area contributed by atoms with Crippen molar-refractivity contribution >= 4 is 15.5 Å². The van der Waals surface area contributed by atoms with E-state index in [9.17, 15) is 8.42 Å². The molecule has 0 spiro atoms. The number of allylic oxidation sites excluding steroid dienone is 1. The fraction of sp³-hybridized carbons (Fsp3) is 0. The van der Waals surface area contributed by atoms with Gasteiger partial charge in [-0.1, -0.05) is 6.58 Å². The molecule has 0 aromatic heterocycles. The molecule has 0 heterocycles. The van der Waals surface area contributed by atoms with E-state index in [0.29, 0.717) is 5.69 Å². The van der Waals surface area contributed by atoms with Gasteiger partial charge in [0.2, 0.25) is 9.84 Å². The van der Waals surface area contributed by atoms with E-state index in [1.54, 1.807) is 0 Å². The van der Waals surface area contributed by atoms with Crippen LogP contribution in [-0.4, -0.2) is 8.42 Å². The van der Waals surface area contributed by atoms with Gasteiger partial charge in [0.05, 0.1) is 4.90 Å². The third-order valence-electron chi connectivity index (χ3n) is 1.64. The Balaban J connectivity index is 3.26. The Hall–Kier alpha value is -1.80. The SMILES string of the molecule is C=C(C#N)S(=O)(=O)c1ccc(N)cc1. The molecule has 0 amide bonds. The first-order valence-corrected chi connectivity index (χ1v) is 5.16. The van der Waals surface area contributed by atoms with Crippen molar-refractivity contribution in [1.29, 1.82) is 5.26 Å². The fourth-order valence-electron chi connectivity index (χ4n) is 0.849. The van der Waals surface area contributed by atoms with Crippen LogP contribution in [0, 0.1) is 11.3 Å². The summed E-state index contributed by atoms with van der Waals surface area (Å²) in [6.07, 6.45) is 0. The molecule has 0 radical (unpaired) electrons. The van der Waals surface area contributed by atoms with E-state index in [0.717, 1.165) is 0 Å². The number of rotatable bonds is 2. The molecule has 0 unspecified atom stereocenters. The lowest BCUT2D eigenvalue weighted by molar-refractivity contribution is 0.603. The van der Waals surface area contributed by atoms with Crippen LogP contribution < -0.4 is 5.73 Å². The molecule has 0 saturated heterocycles. The molecule has 1 aromatic rings. The maximum atomic E-state index is 11.5. The average molecular weight is 208 g/mol. The number of nitrogens with zero attached hydrogens (tertiary/aromatic N) is 1. The molecule has 0 atom stereocenters. The van der Waals surface area contributed by atoms with Crippen molar-refractivity contribution in [2.45, 2.75) is 4.90 Å². The summed E-state index contributed by atoms with van der Waals surface area (Å²) in [7, 11) is -3.72. The molecule has 0 bridgehead atoms. The minimum Gasteiger partial charge on any atom is -0.399 e. The van der Waals surface area contributed by atoms with Crippen molar-refractivity contribution in [3.05, 3.63) is 35.7 Å². The molecule has 1 aromatic carbocycles. The van der Waals surface area contributed by atoms with Crippen LogP contribution in [0.3, 0.4) is 0 Å². The Morgan fingerprint density at radius 3 is 2.29 bits per heavy atom. The summed E-state index contributed by atoms with van der Waals surface area (Å²) in [6, 6.07) is 7.10. The number of nitrogens with two attached hydrogens (primary N) is 1. The van der Waals surface area contributed by atoms with Crippen molar-refractivity contribution < 1.29 is 8.42 Å². The fourth-order valence-corrected chi connectivity index (χ4v) is 1.75. The van der Waals surface area contributed by atoms with Gasteiger partial charge in [0.25, 0.3) is 0 Å². The molecule has 0 aliphatic carbocycles. The summed E-state index contributed by atoms with van der Waals surface area (Å²) in [5.41, 5.74) is 5.86. The van der Waals surface area contributed by atoms with Gasteiger partial charge >= 0.3 is 0 Å². The van der Waals surface area contributed by atoms with Crippen LogP contribution in [-0.2, 0) is 9.84 Å². The second kappa shape index (κ2) is 3.52. The summed E-state index contributed by atoms with van der Waals surface area (Å²) in [4.78, 5) is -0.444. The van der Waals surface area contributed by atoms with Crippen molar-refractivity contribution in [2.75, 3.05) is 5.73 Å². The molecule has 14 heavy (non-hydrogen) atoms. The molecule has 0 fully saturated rings. The van der Waals surface area contributed by atoms with Gasteiger partial charge in [-0.2, -0.15) is 5.26 Å². The molecule has 2 N–H and O–H groups in total. The molecular formula is C9H8N2O2S. The lowest BCUT2D eigenvalue weighted by Crippen LogP contribution is -2.02. The minimum absolute atomic E-state index is 0.0262. The van der Waals surface area contributed by atoms with Crippen LogP contribution in [0.25, 0.3) is 0 Å². The normalized spacial score (nSPS) is 10.5. The predicted octanol–water partition coefficient (Wildman–Crippen LogP) is 1.08. The zero-order chi connectivity index (χ0) is 10.8. The Morgan fingerprint density at radius 1 is 1.36 bits per heavy atom. The standard InChI is InChI=1S/C9H8N2O2S/c1-7(6-10)14(12,13)9-4-2-8(11)3-5-9/h2-5H,1,11H2. The third-order valence-corrected chi connectivity index (χ3v) is 3.27. The summed E-state index contributed by atoms with van der Waals surface area (Å²) in [5, 5.41) is 8.43. The molecule has 1 rings (SSSR count). The van der Waals surface area contributed by atoms with E-state index >= 15 is 0 Å². The number of sulfone groups is 1. The van der Waals surface area contributed by atoms with Crippen LogP contribution in [0.5, 0.6) is 0 Å². The smallest absolute Gasteiger partial charge is 0.216 e. The second-order valence-electron chi connectivity index (χ2n) is 2.61. The number of nitriles is 1. The number of benzene rings is 1. The van der Waals surface area contributed by atoms with Crippen molar-refractivity contribution in [1.82, 2.24) is 0 Å². The van der Waals surface area contributed by atoms with Gasteiger partial charge < -0.3 is 5.73 Å². The summed E-state index contributed by atoms with van der Waals surface area (Å²) >= 11 is 0. The molecular weight excluding hydrogens is 200 g/mol. The van der Waals surface area contributed by atoms with Gasteiger partial charge in [-0.15, -0.1) is 0 Å². The van der Waals surface area contributed by atoms with Gasteiger partial charge in [0.1, 0.15) is 11.0 Å². The highest BCUT2D eigenvalue weighted by molar-refractivity contribution is 7.95. The zero-order valence-electron chi connectivity index (χ0n) is 7.27. The lowest BCUT2D eigenvalue weighted by Gasteiger charge is -2.01. The number of hydrogen-bond donors (Lipinski definition) is 1. The first-order valence-electron chi connectivity index (χ1n) is 3.68. The monoisotopic (exact) mass is 208 g/mol. The highest BCUT2D eigenvalue weighted by atomic mass is 32.2. The van der Waals surface area contributed by atoms with Gasteiger partial charge in [0.15, 0.2) is 0 Å². The van der Waals surface area contributed by atoms with Crippen LogP contribution in [0.4, 0.5) is 5.69 Å². The highest BCUT2D eigenvalue weighted by Crippen LogP contribution is 2.18. The lowest BCUT2D eigenvalue weighted by atomic mass is 10.3. The van der Waals surface area contributed by atoms with Crippen molar-refractivity contribution in [3.8, 4) is 6.07 Å². The van der Waals surface area contributed by atoms with E-state index < -0.39 is 14.7 Å². The first kappa shape index (κ1) is 10.3. The molecule has 0 aliphatic rings. The molecule has 4 nitrogen and oxygen atoms in total. The largest absolute Gasteiger partial charge is 0.399 e. The number of nitrogen functional groups attached to an aromatic ring is 1. The van der Waals surface area contributed by atoms with Crippen LogP contribution in [0.2, 0.25) is 0 Å². The second-order valence-corrected chi connectivity index (χ2v) is 4.58. The van der Waals surface area contributed by atoms with E-state index in [2.05, 4.69) is 6.58 Å². The van der Waals surface area contributed by atoms with Crippen molar-refractivity contribution in [3.63, 3.8) is 0 Å². The topological polar surface area (TPSA) is 84.0 Å². The first-order chi connectivity index (χ1) is 6.48. The quantitative estimate of drug-likeness (QED) is 0.582. The van der Waals surface area contributed by atoms with E-state index in [1.165, 1.54) is 30.3 Å². The summed E-state index contributed by atoms with van der Waals surface area (Å²) in [5.74, 6) is 0. The molecule has 0 saturated carbocycles. The maximum Gasteiger partial charge on any atom is 0.216 e. The molecule has 72 valence electrons. The van der Waals surface area contributed by atoms with Gasteiger partial charge in [-0.25, -0.2) is 8.42 Å². The minimum atomic E-state index is -3.72. The predicted molar refractivity (Wildman–Crippen MR) is 52.8 cm³/mol. The Bertz CT molecular complexity index is 495. The number of hydrogen-bond acceptors (Lipinski definition) is 4. The molecule has 0 aliphatic heterocycles. The number of anilines is 1. The summed E-state index contributed by atoms with van der Waals surface area (Å²) in [6.45, 7) is 3.16. The summed E-state index contributed by atoms with van der Waals surface area (Å²) < 4.78 is 23.0. The Kier molecular flexibility index (Phi) is 2.58. The maximum absolute atomic E-state index is 11.5. The van der Waals surface area contributed by atoms with E-state index in [4.69, 9.17) is 11.0 Å². The van der Waals surface area contributed by atoms with Gasteiger partial charge in [0, 0.05) is 5.69 Å². The van der Waals surface area contributed by atoms with E-state index in [-0.39, 0.29) is 4.90 Å². The zero-order valence-corrected chi connectivity index (χ0v) is 8.08. The Labute approximate surface area is 82.2 Å². The van der Waals surface area contributed by atoms with Crippen LogP contribution >= 0.6 is 0 Å².